The predicted molar refractivity (Wildman–Crippen MR) is 72.0 cm³/mol. The van der Waals surface area contributed by atoms with Crippen molar-refractivity contribution in [3.05, 3.63) is 34.6 Å². The van der Waals surface area contributed by atoms with E-state index in [-0.39, 0.29) is 5.82 Å². The summed E-state index contributed by atoms with van der Waals surface area (Å²) >= 11 is 6.08. The lowest BCUT2D eigenvalue weighted by atomic mass is 9.96. The zero-order valence-electron chi connectivity index (χ0n) is 10.8. The van der Waals surface area contributed by atoms with Gasteiger partial charge in [0.2, 0.25) is 0 Å². The van der Waals surface area contributed by atoms with Crippen molar-refractivity contribution in [3.8, 4) is 0 Å². The summed E-state index contributed by atoms with van der Waals surface area (Å²) in [5.74, 6) is 0.281. The summed E-state index contributed by atoms with van der Waals surface area (Å²) in [4.78, 5) is 0. The molecule has 1 rings (SSSR count). The molecule has 0 radical (unpaired) electrons. The quantitative estimate of drug-likeness (QED) is 0.811. The molecule has 0 amide bonds. The highest BCUT2D eigenvalue weighted by atomic mass is 35.5. The molecule has 1 nitrogen and oxygen atoms in total. The first kappa shape index (κ1) is 14.5. The highest BCUT2D eigenvalue weighted by Crippen LogP contribution is 2.20. The molecule has 0 aliphatic rings. The molecule has 1 atom stereocenters. The molecule has 0 aliphatic carbocycles. The van der Waals surface area contributed by atoms with E-state index in [9.17, 15) is 4.39 Å². The van der Waals surface area contributed by atoms with E-state index < -0.39 is 0 Å². The van der Waals surface area contributed by atoms with Crippen LogP contribution in [0.5, 0.6) is 0 Å². The number of halogens is 2. The van der Waals surface area contributed by atoms with Gasteiger partial charge in [0, 0.05) is 11.1 Å². The minimum atomic E-state index is -0.220. The zero-order chi connectivity index (χ0) is 12.8. The van der Waals surface area contributed by atoms with Gasteiger partial charge in [0.05, 0.1) is 0 Å². The third kappa shape index (κ3) is 4.64. The van der Waals surface area contributed by atoms with Gasteiger partial charge in [0.25, 0.3) is 0 Å². The predicted octanol–water partition coefficient (Wildman–Crippen LogP) is 4.05. The van der Waals surface area contributed by atoms with Gasteiger partial charge in [-0.2, -0.15) is 0 Å². The lowest BCUT2D eigenvalue weighted by Gasteiger charge is -2.23. The van der Waals surface area contributed by atoms with E-state index in [1.54, 1.807) is 6.07 Å². The van der Waals surface area contributed by atoms with Crippen LogP contribution >= 0.6 is 11.6 Å². The van der Waals surface area contributed by atoms with Gasteiger partial charge in [-0.05, 0) is 49.1 Å². The van der Waals surface area contributed by atoms with Gasteiger partial charge < -0.3 is 5.32 Å². The van der Waals surface area contributed by atoms with Crippen molar-refractivity contribution in [2.45, 2.75) is 39.7 Å². The number of benzene rings is 1. The number of rotatable bonds is 6. The number of hydrogen-bond donors (Lipinski definition) is 1. The van der Waals surface area contributed by atoms with Crippen molar-refractivity contribution in [1.29, 1.82) is 0 Å². The van der Waals surface area contributed by atoms with Crippen LogP contribution in [0, 0.1) is 11.7 Å². The molecule has 0 saturated heterocycles. The summed E-state index contributed by atoms with van der Waals surface area (Å²) in [7, 11) is 0. The van der Waals surface area contributed by atoms with E-state index in [4.69, 9.17) is 11.6 Å². The molecule has 0 aliphatic heterocycles. The third-order valence-corrected chi connectivity index (χ3v) is 3.28. The summed E-state index contributed by atoms with van der Waals surface area (Å²) in [6.45, 7) is 7.45. The maximum atomic E-state index is 13.2. The van der Waals surface area contributed by atoms with Gasteiger partial charge in [-0.15, -0.1) is 0 Å². The van der Waals surface area contributed by atoms with Gasteiger partial charge in [0.15, 0.2) is 0 Å². The second-order valence-electron chi connectivity index (χ2n) is 4.74. The summed E-state index contributed by atoms with van der Waals surface area (Å²) < 4.78 is 13.2. The van der Waals surface area contributed by atoms with Crippen LogP contribution in [0.15, 0.2) is 18.2 Å². The molecule has 0 bridgehead atoms. The third-order valence-electron chi connectivity index (χ3n) is 2.91. The number of hydrogen-bond acceptors (Lipinski definition) is 1. The molecule has 17 heavy (non-hydrogen) atoms. The Hall–Kier alpha value is -0.600. The molecule has 96 valence electrons. The lowest BCUT2D eigenvalue weighted by molar-refractivity contribution is 0.397. The molecule has 0 heterocycles. The Balaban J connectivity index is 2.74. The van der Waals surface area contributed by atoms with Crippen LogP contribution < -0.4 is 5.32 Å². The van der Waals surface area contributed by atoms with Crippen molar-refractivity contribution < 1.29 is 4.39 Å². The summed E-state index contributed by atoms with van der Waals surface area (Å²) in [5.41, 5.74) is 0.883. The topological polar surface area (TPSA) is 12.0 Å². The van der Waals surface area contributed by atoms with Gasteiger partial charge >= 0.3 is 0 Å². The Morgan fingerprint density at radius 2 is 2.06 bits per heavy atom. The zero-order valence-corrected chi connectivity index (χ0v) is 11.5. The second kappa shape index (κ2) is 6.97. The molecule has 1 aromatic carbocycles. The lowest BCUT2D eigenvalue weighted by Crippen LogP contribution is -2.36. The van der Waals surface area contributed by atoms with Crippen LogP contribution in [0.3, 0.4) is 0 Å². The molecule has 0 aromatic heterocycles. The molecule has 1 aromatic rings. The summed E-state index contributed by atoms with van der Waals surface area (Å²) in [5, 5.41) is 4.13. The molecule has 0 fully saturated rings. The smallest absolute Gasteiger partial charge is 0.123 e. The van der Waals surface area contributed by atoms with E-state index in [2.05, 4.69) is 26.1 Å². The summed E-state index contributed by atoms with van der Waals surface area (Å²) in [6, 6.07) is 4.90. The molecule has 1 unspecified atom stereocenters. The molecular weight excluding hydrogens is 237 g/mol. The normalized spacial score (nSPS) is 13.1. The van der Waals surface area contributed by atoms with Crippen molar-refractivity contribution in [2.75, 3.05) is 6.54 Å². The van der Waals surface area contributed by atoms with Crippen LogP contribution in [0.2, 0.25) is 5.02 Å². The molecule has 3 heteroatoms. The Morgan fingerprint density at radius 3 is 2.65 bits per heavy atom. The first-order chi connectivity index (χ1) is 8.04. The minimum absolute atomic E-state index is 0.220. The second-order valence-corrected chi connectivity index (χ2v) is 5.15. The maximum absolute atomic E-state index is 13.2. The van der Waals surface area contributed by atoms with Gasteiger partial charge in [0.1, 0.15) is 5.82 Å². The fourth-order valence-corrected chi connectivity index (χ4v) is 2.00. The Labute approximate surface area is 108 Å². The Morgan fingerprint density at radius 1 is 1.35 bits per heavy atom. The van der Waals surface area contributed by atoms with Crippen LogP contribution in [0.4, 0.5) is 4.39 Å². The number of nitrogens with one attached hydrogen (secondary N) is 1. The maximum Gasteiger partial charge on any atom is 0.123 e. The van der Waals surface area contributed by atoms with Gasteiger partial charge in [-0.3, -0.25) is 0 Å². The van der Waals surface area contributed by atoms with E-state index in [1.165, 1.54) is 12.1 Å². The van der Waals surface area contributed by atoms with Crippen LogP contribution in [0.1, 0.15) is 32.8 Å². The largest absolute Gasteiger partial charge is 0.313 e. The van der Waals surface area contributed by atoms with Gasteiger partial charge in [-0.25, -0.2) is 4.39 Å². The highest BCUT2D eigenvalue weighted by molar-refractivity contribution is 6.31. The SMILES string of the molecule is CCCNC(Cc1cc(F)ccc1Cl)C(C)C. The van der Waals surface area contributed by atoms with E-state index in [1.807, 2.05) is 0 Å². The standard InChI is InChI=1S/C14H21ClFN/c1-4-7-17-14(10(2)3)9-11-8-12(16)5-6-13(11)15/h5-6,8,10,14,17H,4,7,9H2,1-3H3. The van der Waals surface area contributed by atoms with Crippen LogP contribution in [-0.4, -0.2) is 12.6 Å². The minimum Gasteiger partial charge on any atom is -0.313 e. The van der Waals surface area contributed by atoms with E-state index in [0.29, 0.717) is 17.0 Å². The van der Waals surface area contributed by atoms with Crippen molar-refractivity contribution in [2.24, 2.45) is 5.92 Å². The van der Waals surface area contributed by atoms with Crippen molar-refractivity contribution >= 4 is 11.6 Å². The first-order valence-electron chi connectivity index (χ1n) is 6.22. The monoisotopic (exact) mass is 257 g/mol. The average Bonchev–Trinajstić information content (AvgIpc) is 2.28. The first-order valence-corrected chi connectivity index (χ1v) is 6.59. The Kier molecular flexibility index (Phi) is 5.93. The van der Waals surface area contributed by atoms with Crippen LogP contribution in [-0.2, 0) is 6.42 Å². The molecule has 0 saturated carbocycles. The van der Waals surface area contributed by atoms with E-state index in [0.717, 1.165) is 24.9 Å². The highest BCUT2D eigenvalue weighted by Gasteiger charge is 2.15. The van der Waals surface area contributed by atoms with Gasteiger partial charge in [-0.1, -0.05) is 32.4 Å². The summed E-state index contributed by atoms with van der Waals surface area (Å²) in [6.07, 6.45) is 1.87. The van der Waals surface area contributed by atoms with Crippen molar-refractivity contribution in [3.63, 3.8) is 0 Å². The fourth-order valence-electron chi connectivity index (χ4n) is 1.81. The van der Waals surface area contributed by atoms with Crippen molar-refractivity contribution in [1.82, 2.24) is 5.32 Å². The fraction of sp³-hybridized carbons (Fsp3) is 0.571. The van der Waals surface area contributed by atoms with Crippen LogP contribution in [0.25, 0.3) is 0 Å². The average molecular weight is 258 g/mol. The molecule has 0 spiro atoms. The van der Waals surface area contributed by atoms with E-state index >= 15 is 0 Å². The Bertz CT molecular complexity index is 352. The molecule has 1 N–H and O–H groups in total. The molecular formula is C14H21ClFN.